The van der Waals surface area contributed by atoms with Gasteiger partial charge in [0.25, 0.3) is 0 Å². The van der Waals surface area contributed by atoms with Crippen LogP contribution in [0.25, 0.3) is 0 Å². The summed E-state index contributed by atoms with van der Waals surface area (Å²) in [6.45, 7) is 0.884. The third-order valence-electron chi connectivity index (χ3n) is 4.18. The minimum Gasteiger partial charge on any atom is -0.370 e. The highest BCUT2D eigenvalue weighted by atomic mass is 35.5. The van der Waals surface area contributed by atoms with E-state index in [4.69, 9.17) is 16.3 Å². The van der Waals surface area contributed by atoms with E-state index in [9.17, 15) is 5.26 Å². The first-order valence-electron chi connectivity index (χ1n) is 5.99. The number of nitrogens with zero attached hydrogens (tertiary/aromatic N) is 1. The first-order valence-corrected chi connectivity index (χ1v) is 6.37. The number of halogens is 1. The van der Waals surface area contributed by atoms with Crippen LogP contribution in [0.15, 0.2) is 24.3 Å². The maximum absolute atomic E-state index is 9.53. The lowest BCUT2D eigenvalue weighted by molar-refractivity contribution is 0.200. The van der Waals surface area contributed by atoms with Gasteiger partial charge in [0, 0.05) is 5.02 Å². The Kier molecular flexibility index (Phi) is 2.43. The van der Waals surface area contributed by atoms with Crippen molar-refractivity contribution in [3.63, 3.8) is 0 Å². The molecule has 0 unspecified atom stereocenters. The molecule has 88 valence electrons. The molecule has 0 radical (unpaired) electrons. The summed E-state index contributed by atoms with van der Waals surface area (Å²) in [5, 5.41) is 10.3. The molecule has 1 aliphatic carbocycles. The summed E-state index contributed by atoms with van der Waals surface area (Å²) >= 11 is 5.89. The lowest BCUT2D eigenvalue weighted by Gasteiger charge is -2.34. The number of nitriles is 1. The number of epoxide rings is 1. The van der Waals surface area contributed by atoms with Gasteiger partial charge in [-0.3, -0.25) is 0 Å². The van der Waals surface area contributed by atoms with Crippen molar-refractivity contribution in [2.45, 2.75) is 36.7 Å². The number of rotatable bonds is 1. The monoisotopic (exact) mass is 247 g/mol. The first kappa shape index (κ1) is 11.1. The molecule has 2 fully saturated rings. The van der Waals surface area contributed by atoms with Gasteiger partial charge in [-0.15, -0.1) is 0 Å². The van der Waals surface area contributed by atoms with Crippen LogP contribution < -0.4 is 0 Å². The highest BCUT2D eigenvalue weighted by Crippen LogP contribution is 2.49. The van der Waals surface area contributed by atoms with Gasteiger partial charge in [-0.2, -0.15) is 5.26 Å². The zero-order chi connectivity index (χ0) is 11.9. The molecule has 3 heteroatoms. The predicted octanol–water partition coefficient (Wildman–Crippen LogP) is 3.44. The summed E-state index contributed by atoms with van der Waals surface area (Å²) in [4.78, 5) is 0. The fraction of sp³-hybridized carbons (Fsp3) is 0.500. The van der Waals surface area contributed by atoms with Crippen LogP contribution in [0.5, 0.6) is 0 Å². The van der Waals surface area contributed by atoms with Crippen molar-refractivity contribution in [2.75, 3.05) is 6.61 Å². The lowest BCUT2D eigenvalue weighted by Crippen LogP contribution is -2.33. The average molecular weight is 248 g/mol. The molecule has 1 spiro atoms. The van der Waals surface area contributed by atoms with Crippen LogP contribution in [-0.4, -0.2) is 12.2 Å². The third-order valence-corrected chi connectivity index (χ3v) is 4.43. The Morgan fingerprint density at radius 2 is 1.71 bits per heavy atom. The fourth-order valence-electron chi connectivity index (χ4n) is 2.76. The third kappa shape index (κ3) is 1.84. The molecule has 2 nitrogen and oxygen atoms in total. The molecule has 0 aromatic heterocycles. The molecule has 0 amide bonds. The van der Waals surface area contributed by atoms with E-state index in [0.717, 1.165) is 42.9 Å². The lowest BCUT2D eigenvalue weighted by atomic mass is 9.67. The Balaban J connectivity index is 1.87. The number of hydrogen-bond acceptors (Lipinski definition) is 2. The van der Waals surface area contributed by atoms with Gasteiger partial charge in [0.2, 0.25) is 0 Å². The molecule has 0 N–H and O–H groups in total. The van der Waals surface area contributed by atoms with Gasteiger partial charge < -0.3 is 4.74 Å². The standard InChI is InChI=1S/C14H14ClNO/c15-12-3-1-11(2-4-12)13(9-16)5-7-14(8-6-13)10-17-14/h1-4H,5-8,10H2. The van der Waals surface area contributed by atoms with Crippen LogP contribution in [0.4, 0.5) is 0 Å². The van der Waals surface area contributed by atoms with Gasteiger partial charge in [-0.25, -0.2) is 0 Å². The number of ether oxygens (including phenoxy) is 1. The van der Waals surface area contributed by atoms with Crippen molar-refractivity contribution in [1.29, 1.82) is 5.26 Å². The van der Waals surface area contributed by atoms with Crippen LogP contribution in [-0.2, 0) is 10.2 Å². The summed E-state index contributed by atoms with van der Waals surface area (Å²) in [5.74, 6) is 0. The second-order valence-corrected chi connectivity index (χ2v) is 5.61. The van der Waals surface area contributed by atoms with Crippen LogP contribution >= 0.6 is 11.6 Å². The van der Waals surface area contributed by atoms with E-state index in [1.165, 1.54) is 0 Å². The van der Waals surface area contributed by atoms with E-state index in [1.54, 1.807) is 0 Å². The molecule has 2 aliphatic rings. The summed E-state index contributed by atoms with van der Waals surface area (Å²) in [6, 6.07) is 10.2. The van der Waals surface area contributed by atoms with E-state index in [-0.39, 0.29) is 11.0 Å². The van der Waals surface area contributed by atoms with Gasteiger partial charge in [0.15, 0.2) is 0 Å². The van der Waals surface area contributed by atoms with Crippen LogP contribution in [0, 0.1) is 11.3 Å². The molecule has 17 heavy (non-hydrogen) atoms. The van der Waals surface area contributed by atoms with Gasteiger partial charge in [-0.1, -0.05) is 23.7 Å². The molecule has 1 aliphatic heterocycles. The van der Waals surface area contributed by atoms with Crippen LogP contribution in [0.3, 0.4) is 0 Å². The Hall–Kier alpha value is -1.04. The topological polar surface area (TPSA) is 36.3 Å². The maximum atomic E-state index is 9.53. The molecule has 0 bridgehead atoms. The van der Waals surface area contributed by atoms with Gasteiger partial charge >= 0.3 is 0 Å². The Bertz CT molecular complexity index is 460. The Morgan fingerprint density at radius 1 is 1.12 bits per heavy atom. The van der Waals surface area contributed by atoms with Gasteiger partial charge in [0.1, 0.15) is 0 Å². The fourth-order valence-corrected chi connectivity index (χ4v) is 2.88. The zero-order valence-corrected chi connectivity index (χ0v) is 10.3. The minimum absolute atomic E-state index is 0.132. The summed E-state index contributed by atoms with van der Waals surface area (Å²) in [7, 11) is 0. The summed E-state index contributed by atoms with van der Waals surface area (Å²) < 4.78 is 5.50. The maximum Gasteiger partial charge on any atom is 0.0918 e. The number of hydrogen-bond donors (Lipinski definition) is 0. The zero-order valence-electron chi connectivity index (χ0n) is 9.58. The van der Waals surface area contributed by atoms with Crippen molar-refractivity contribution in [2.24, 2.45) is 0 Å². The highest BCUT2D eigenvalue weighted by molar-refractivity contribution is 6.30. The molecule has 1 heterocycles. The second kappa shape index (κ2) is 3.73. The minimum atomic E-state index is -0.332. The molecule has 1 aromatic carbocycles. The molecular weight excluding hydrogens is 234 g/mol. The van der Waals surface area contributed by atoms with Crippen molar-refractivity contribution >= 4 is 11.6 Å². The van der Waals surface area contributed by atoms with Crippen molar-refractivity contribution in [3.8, 4) is 6.07 Å². The molecule has 0 atom stereocenters. The van der Waals surface area contributed by atoms with Crippen molar-refractivity contribution in [1.82, 2.24) is 0 Å². The quantitative estimate of drug-likeness (QED) is 0.713. The number of benzene rings is 1. The summed E-state index contributed by atoms with van der Waals surface area (Å²) in [5.41, 5.74) is 0.897. The summed E-state index contributed by atoms with van der Waals surface area (Å²) in [6.07, 6.45) is 3.79. The first-order chi connectivity index (χ1) is 8.18. The Labute approximate surface area is 106 Å². The van der Waals surface area contributed by atoms with Crippen LogP contribution in [0.1, 0.15) is 31.2 Å². The Morgan fingerprint density at radius 3 is 2.18 bits per heavy atom. The van der Waals surface area contributed by atoms with Gasteiger partial charge in [-0.05, 0) is 43.4 Å². The van der Waals surface area contributed by atoms with E-state index >= 15 is 0 Å². The van der Waals surface area contributed by atoms with Crippen molar-refractivity contribution in [3.05, 3.63) is 34.9 Å². The average Bonchev–Trinajstić information content (AvgIpc) is 3.12. The normalized spacial score (nSPS) is 35.5. The molecule has 3 rings (SSSR count). The second-order valence-electron chi connectivity index (χ2n) is 5.17. The van der Waals surface area contributed by atoms with Gasteiger partial charge in [0.05, 0.1) is 23.7 Å². The molecule has 1 saturated carbocycles. The largest absolute Gasteiger partial charge is 0.370 e. The molecular formula is C14H14ClNO. The highest BCUT2D eigenvalue weighted by Gasteiger charge is 2.51. The van der Waals surface area contributed by atoms with Crippen molar-refractivity contribution < 1.29 is 4.74 Å². The van der Waals surface area contributed by atoms with E-state index in [1.807, 2.05) is 24.3 Å². The predicted molar refractivity (Wildman–Crippen MR) is 65.9 cm³/mol. The SMILES string of the molecule is N#CC1(c2ccc(Cl)cc2)CCC2(CC1)CO2. The van der Waals surface area contributed by atoms with E-state index in [0.29, 0.717) is 0 Å². The van der Waals surface area contributed by atoms with Crippen LogP contribution in [0.2, 0.25) is 5.02 Å². The molecule has 1 saturated heterocycles. The van der Waals surface area contributed by atoms with E-state index < -0.39 is 0 Å². The smallest absolute Gasteiger partial charge is 0.0918 e. The molecule has 1 aromatic rings. The van der Waals surface area contributed by atoms with E-state index in [2.05, 4.69) is 6.07 Å².